The Morgan fingerprint density at radius 1 is 1.07 bits per heavy atom. The SMILES string of the molecule is C[C@@H]1CN(C(=O)[C@@H](Cc2ccccc2)NC(=O)c2ccc(Cl)cc2)C[C@H](C)O1. The first-order valence-corrected chi connectivity index (χ1v) is 9.85. The number of benzene rings is 2. The highest BCUT2D eigenvalue weighted by atomic mass is 35.5. The lowest BCUT2D eigenvalue weighted by Crippen LogP contribution is -2.55. The van der Waals surface area contributed by atoms with Gasteiger partial charge in [0.1, 0.15) is 6.04 Å². The summed E-state index contributed by atoms with van der Waals surface area (Å²) in [6.07, 6.45) is 0.369. The summed E-state index contributed by atoms with van der Waals surface area (Å²) in [5.74, 6) is -0.381. The van der Waals surface area contributed by atoms with Crippen molar-refractivity contribution < 1.29 is 14.3 Å². The number of carbonyl (C=O) groups excluding carboxylic acids is 2. The molecule has 1 heterocycles. The molecule has 0 spiro atoms. The molecule has 0 radical (unpaired) electrons. The highest BCUT2D eigenvalue weighted by Gasteiger charge is 2.31. The maximum atomic E-state index is 13.2. The molecule has 1 aliphatic heterocycles. The van der Waals surface area contributed by atoms with E-state index < -0.39 is 6.04 Å². The molecule has 28 heavy (non-hydrogen) atoms. The third kappa shape index (κ3) is 5.33. The quantitative estimate of drug-likeness (QED) is 0.837. The Balaban J connectivity index is 1.79. The second-order valence-electron chi connectivity index (χ2n) is 7.22. The molecule has 1 saturated heterocycles. The number of ether oxygens (including phenoxy) is 1. The number of rotatable bonds is 5. The van der Waals surface area contributed by atoms with E-state index in [1.165, 1.54) is 0 Å². The zero-order valence-corrected chi connectivity index (χ0v) is 16.9. The van der Waals surface area contributed by atoms with Crippen LogP contribution in [0.4, 0.5) is 0 Å². The van der Waals surface area contributed by atoms with E-state index in [-0.39, 0.29) is 24.0 Å². The maximum Gasteiger partial charge on any atom is 0.251 e. The first kappa shape index (κ1) is 20.4. The maximum absolute atomic E-state index is 13.2. The molecule has 2 aromatic rings. The van der Waals surface area contributed by atoms with Crippen molar-refractivity contribution in [2.24, 2.45) is 0 Å². The van der Waals surface area contributed by atoms with Crippen LogP contribution in [0.1, 0.15) is 29.8 Å². The van der Waals surface area contributed by atoms with Crippen molar-refractivity contribution in [3.05, 3.63) is 70.7 Å². The summed E-state index contributed by atoms with van der Waals surface area (Å²) >= 11 is 5.90. The Morgan fingerprint density at radius 3 is 2.29 bits per heavy atom. The Morgan fingerprint density at radius 2 is 1.68 bits per heavy atom. The molecule has 0 aromatic heterocycles. The van der Waals surface area contributed by atoms with Crippen LogP contribution in [0, 0.1) is 0 Å². The zero-order valence-electron chi connectivity index (χ0n) is 16.1. The summed E-state index contributed by atoms with van der Waals surface area (Å²) in [5, 5.41) is 3.47. The van der Waals surface area contributed by atoms with Gasteiger partial charge < -0.3 is 15.0 Å². The van der Waals surface area contributed by atoms with Gasteiger partial charge >= 0.3 is 0 Å². The molecule has 0 saturated carbocycles. The van der Waals surface area contributed by atoms with Crippen LogP contribution in [0.5, 0.6) is 0 Å². The smallest absolute Gasteiger partial charge is 0.251 e. The lowest BCUT2D eigenvalue weighted by molar-refractivity contribution is -0.145. The van der Waals surface area contributed by atoms with Crippen LogP contribution in [0.15, 0.2) is 54.6 Å². The molecule has 0 bridgehead atoms. The summed E-state index contributed by atoms with van der Waals surface area (Å²) < 4.78 is 5.73. The highest BCUT2D eigenvalue weighted by Crippen LogP contribution is 2.15. The van der Waals surface area contributed by atoms with Gasteiger partial charge in [-0.2, -0.15) is 0 Å². The number of morpholine rings is 1. The van der Waals surface area contributed by atoms with Gasteiger partial charge in [0.2, 0.25) is 5.91 Å². The van der Waals surface area contributed by atoms with Gasteiger partial charge in [0.05, 0.1) is 12.2 Å². The van der Waals surface area contributed by atoms with Gasteiger partial charge in [-0.3, -0.25) is 9.59 Å². The lowest BCUT2D eigenvalue weighted by atomic mass is 10.0. The van der Waals surface area contributed by atoms with Crippen molar-refractivity contribution in [1.29, 1.82) is 0 Å². The van der Waals surface area contributed by atoms with Crippen molar-refractivity contribution in [2.45, 2.75) is 38.5 Å². The van der Waals surface area contributed by atoms with Crippen LogP contribution < -0.4 is 5.32 Å². The van der Waals surface area contributed by atoms with E-state index in [2.05, 4.69) is 5.32 Å². The van der Waals surface area contributed by atoms with E-state index in [1.54, 1.807) is 29.2 Å². The lowest BCUT2D eigenvalue weighted by Gasteiger charge is -2.37. The van der Waals surface area contributed by atoms with Crippen molar-refractivity contribution in [3.8, 4) is 0 Å². The minimum absolute atomic E-state index is 0.0305. The molecule has 3 rings (SSSR count). The third-order valence-electron chi connectivity index (χ3n) is 4.72. The monoisotopic (exact) mass is 400 g/mol. The summed E-state index contributed by atoms with van der Waals surface area (Å²) in [4.78, 5) is 27.8. The Hall–Kier alpha value is -2.37. The van der Waals surface area contributed by atoms with Crippen LogP contribution in [0.2, 0.25) is 5.02 Å². The molecular weight excluding hydrogens is 376 g/mol. The fourth-order valence-electron chi connectivity index (χ4n) is 3.47. The third-order valence-corrected chi connectivity index (χ3v) is 4.98. The molecule has 1 fully saturated rings. The van der Waals surface area contributed by atoms with E-state index in [0.717, 1.165) is 5.56 Å². The average molecular weight is 401 g/mol. The van der Waals surface area contributed by atoms with Crippen LogP contribution >= 0.6 is 11.6 Å². The van der Waals surface area contributed by atoms with Gasteiger partial charge in [-0.05, 0) is 43.7 Å². The number of halogens is 1. The van der Waals surface area contributed by atoms with Crippen molar-refractivity contribution in [1.82, 2.24) is 10.2 Å². The number of amides is 2. The summed E-state index contributed by atoms with van der Waals surface area (Å²) in [6.45, 7) is 4.94. The number of nitrogens with zero attached hydrogens (tertiary/aromatic N) is 1. The van der Waals surface area contributed by atoms with E-state index >= 15 is 0 Å². The van der Waals surface area contributed by atoms with Gasteiger partial charge in [-0.1, -0.05) is 41.9 Å². The molecule has 1 aliphatic rings. The number of carbonyl (C=O) groups is 2. The molecule has 0 aliphatic carbocycles. The number of hydrogen-bond acceptors (Lipinski definition) is 3. The van der Waals surface area contributed by atoms with Gasteiger partial charge in [0.25, 0.3) is 5.91 Å². The van der Waals surface area contributed by atoms with Gasteiger partial charge in [-0.25, -0.2) is 0 Å². The van der Waals surface area contributed by atoms with Crippen LogP contribution in [-0.2, 0) is 16.0 Å². The Labute approximate surface area is 170 Å². The minimum Gasteiger partial charge on any atom is -0.372 e. The molecule has 148 valence electrons. The molecule has 2 aromatic carbocycles. The van der Waals surface area contributed by atoms with Crippen LogP contribution in [0.3, 0.4) is 0 Å². The molecule has 2 amide bonds. The predicted molar refractivity (Wildman–Crippen MR) is 109 cm³/mol. The summed E-state index contributed by atoms with van der Waals surface area (Å²) in [5.41, 5.74) is 1.46. The molecule has 3 atom stereocenters. The fourth-order valence-corrected chi connectivity index (χ4v) is 3.60. The van der Waals surface area contributed by atoms with E-state index in [9.17, 15) is 9.59 Å². The fraction of sp³-hybridized carbons (Fsp3) is 0.364. The Bertz CT molecular complexity index is 800. The van der Waals surface area contributed by atoms with E-state index in [4.69, 9.17) is 16.3 Å². The van der Waals surface area contributed by atoms with Gasteiger partial charge in [-0.15, -0.1) is 0 Å². The van der Waals surface area contributed by atoms with Gasteiger partial charge in [0.15, 0.2) is 0 Å². The number of nitrogens with one attached hydrogen (secondary N) is 1. The van der Waals surface area contributed by atoms with Crippen molar-refractivity contribution in [2.75, 3.05) is 13.1 Å². The standard InChI is InChI=1S/C22H25ClN2O3/c1-15-13-25(14-16(2)28-15)22(27)20(12-17-6-4-3-5-7-17)24-21(26)18-8-10-19(23)11-9-18/h3-11,15-16,20H,12-14H2,1-2H3,(H,24,26)/t15-,16+,20-/m1/s1. The second kappa shape index (κ2) is 9.22. The molecule has 1 N–H and O–H groups in total. The largest absolute Gasteiger partial charge is 0.372 e. The molecule has 5 nitrogen and oxygen atoms in total. The summed E-state index contributed by atoms with van der Waals surface area (Å²) in [6, 6.07) is 15.7. The number of hydrogen-bond donors (Lipinski definition) is 1. The predicted octanol–water partition coefficient (Wildman–Crippen LogP) is 3.32. The van der Waals surface area contributed by atoms with E-state index in [0.29, 0.717) is 30.1 Å². The normalized spacial score (nSPS) is 20.5. The second-order valence-corrected chi connectivity index (χ2v) is 7.66. The molecule has 6 heteroatoms. The highest BCUT2D eigenvalue weighted by molar-refractivity contribution is 6.30. The first-order valence-electron chi connectivity index (χ1n) is 9.47. The van der Waals surface area contributed by atoms with E-state index in [1.807, 2.05) is 44.2 Å². The molecular formula is C22H25ClN2O3. The topological polar surface area (TPSA) is 58.6 Å². The first-order chi connectivity index (χ1) is 13.4. The Kier molecular flexibility index (Phi) is 6.70. The average Bonchev–Trinajstić information content (AvgIpc) is 2.67. The van der Waals surface area contributed by atoms with Crippen LogP contribution in [0.25, 0.3) is 0 Å². The van der Waals surface area contributed by atoms with Crippen LogP contribution in [-0.4, -0.2) is 48.1 Å². The molecule has 0 unspecified atom stereocenters. The zero-order chi connectivity index (χ0) is 20.1. The van der Waals surface area contributed by atoms with Crippen molar-refractivity contribution in [3.63, 3.8) is 0 Å². The van der Waals surface area contributed by atoms with Crippen molar-refractivity contribution >= 4 is 23.4 Å². The minimum atomic E-state index is -0.650. The van der Waals surface area contributed by atoms with Gasteiger partial charge in [0, 0.05) is 30.1 Å². The summed E-state index contributed by atoms with van der Waals surface area (Å²) in [7, 11) is 0.